The molecule has 0 aromatic heterocycles. The van der Waals surface area contributed by atoms with Crippen molar-refractivity contribution in [3.05, 3.63) is 0 Å². The lowest BCUT2D eigenvalue weighted by molar-refractivity contribution is -0.121. The minimum atomic E-state index is 0. The Kier molecular flexibility index (Phi) is 11.1. The van der Waals surface area contributed by atoms with Gasteiger partial charge in [-0.15, -0.1) is 24.0 Å². The first-order valence-electron chi connectivity index (χ1n) is 8.98. The average molecular weight is 468 g/mol. The largest absolute Gasteiger partial charge is 0.355 e. The molecular weight excluding hydrogens is 435 g/mol. The zero-order valence-corrected chi connectivity index (χ0v) is 18.1. The number of hydrogen-bond acceptors (Lipinski definition) is 3. The minimum Gasteiger partial charge on any atom is -0.355 e. The fourth-order valence-electron chi connectivity index (χ4n) is 3.60. The number of carbonyl (C=O) groups excluding carboxylic acids is 1. The van der Waals surface area contributed by atoms with Crippen LogP contribution in [0.5, 0.6) is 0 Å². The summed E-state index contributed by atoms with van der Waals surface area (Å²) >= 11 is 1.96. The number of thioether (sulfide) groups is 1. The van der Waals surface area contributed by atoms with Crippen molar-refractivity contribution in [2.75, 3.05) is 26.4 Å². The highest BCUT2D eigenvalue weighted by atomic mass is 127. The molecule has 1 amide bonds. The third kappa shape index (κ3) is 7.80. The fraction of sp³-hybridized carbons (Fsp3) is 0.882. The normalized spacial score (nSPS) is 24.5. The van der Waals surface area contributed by atoms with Gasteiger partial charge in [-0.1, -0.05) is 12.8 Å². The summed E-state index contributed by atoms with van der Waals surface area (Å²) in [4.78, 5) is 16.2. The van der Waals surface area contributed by atoms with Gasteiger partial charge in [0.25, 0.3) is 0 Å². The van der Waals surface area contributed by atoms with Crippen LogP contribution in [-0.4, -0.2) is 49.6 Å². The maximum Gasteiger partial charge on any atom is 0.220 e. The Hall–Kier alpha value is -0.180. The Bertz CT molecular complexity index is 402. The van der Waals surface area contributed by atoms with Crippen molar-refractivity contribution >= 4 is 47.6 Å². The number of amides is 1. The lowest BCUT2D eigenvalue weighted by atomic mass is 10.0. The van der Waals surface area contributed by atoms with E-state index >= 15 is 0 Å². The molecule has 0 saturated heterocycles. The number of carbonyl (C=O) groups is 1. The van der Waals surface area contributed by atoms with Crippen molar-refractivity contribution in [2.45, 2.75) is 62.7 Å². The van der Waals surface area contributed by atoms with Crippen LogP contribution in [0.3, 0.4) is 0 Å². The van der Waals surface area contributed by atoms with E-state index in [4.69, 9.17) is 0 Å². The molecule has 0 heterocycles. The molecule has 24 heavy (non-hydrogen) atoms. The number of hydrogen-bond donors (Lipinski definition) is 3. The van der Waals surface area contributed by atoms with E-state index in [1.807, 2.05) is 11.8 Å². The van der Waals surface area contributed by atoms with Crippen molar-refractivity contribution < 1.29 is 4.79 Å². The molecule has 2 saturated carbocycles. The van der Waals surface area contributed by atoms with Gasteiger partial charge in [0.1, 0.15) is 0 Å². The topological polar surface area (TPSA) is 65.5 Å². The maximum atomic E-state index is 11.9. The molecule has 0 aromatic rings. The zero-order chi connectivity index (χ0) is 16.5. The summed E-state index contributed by atoms with van der Waals surface area (Å²) in [5.74, 6) is 1.66. The summed E-state index contributed by atoms with van der Waals surface area (Å²) in [6.07, 6.45) is 11.6. The summed E-state index contributed by atoms with van der Waals surface area (Å²) in [6, 6.07) is 0.524. The summed E-state index contributed by atoms with van der Waals surface area (Å²) in [6.45, 7) is 1.37. The Balaban J connectivity index is 0.00000288. The molecule has 0 radical (unpaired) electrons. The first-order valence-corrected chi connectivity index (χ1v) is 10.3. The van der Waals surface area contributed by atoms with Gasteiger partial charge < -0.3 is 16.0 Å². The number of halogens is 1. The van der Waals surface area contributed by atoms with Crippen LogP contribution >= 0.6 is 35.7 Å². The maximum absolute atomic E-state index is 11.9. The molecule has 2 atom stereocenters. The van der Waals surface area contributed by atoms with Gasteiger partial charge in [-0.3, -0.25) is 9.79 Å². The molecule has 140 valence electrons. The molecule has 2 aliphatic carbocycles. The Labute approximate surface area is 168 Å². The minimum absolute atomic E-state index is 0. The van der Waals surface area contributed by atoms with Gasteiger partial charge in [-0.25, -0.2) is 0 Å². The molecule has 7 heteroatoms. The number of guanidine groups is 1. The fourth-order valence-corrected chi connectivity index (χ4v) is 4.40. The van der Waals surface area contributed by atoms with Crippen molar-refractivity contribution in [1.29, 1.82) is 0 Å². The summed E-state index contributed by atoms with van der Waals surface area (Å²) in [7, 11) is 1.80. The molecule has 2 fully saturated rings. The van der Waals surface area contributed by atoms with E-state index in [1.165, 1.54) is 44.9 Å². The van der Waals surface area contributed by atoms with Crippen LogP contribution in [0.2, 0.25) is 0 Å². The van der Waals surface area contributed by atoms with Gasteiger partial charge in [0.2, 0.25) is 5.91 Å². The predicted molar refractivity (Wildman–Crippen MR) is 114 cm³/mol. The predicted octanol–water partition coefficient (Wildman–Crippen LogP) is 2.75. The van der Waals surface area contributed by atoms with Gasteiger partial charge in [0.05, 0.1) is 0 Å². The second-order valence-corrected chi connectivity index (χ2v) is 7.85. The SMILES string of the molecule is CN=C(NCCNC(=O)CC1CCCC1)NC1CCC(SC)C1.I. The lowest BCUT2D eigenvalue weighted by Crippen LogP contribution is -2.45. The van der Waals surface area contributed by atoms with Gasteiger partial charge in [-0.2, -0.15) is 11.8 Å². The molecule has 2 aliphatic rings. The standard InChI is InChI=1S/C17H32N4OS.HI/c1-18-17(21-14-7-8-15(12-14)23-2)20-10-9-19-16(22)11-13-5-3-4-6-13;/h13-15H,3-12H2,1-2H3,(H,19,22)(H2,18,20,21);1H. The van der Waals surface area contributed by atoms with Crippen LogP contribution in [0, 0.1) is 5.92 Å². The van der Waals surface area contributed by atoms with E-state index in [0.717, 1.165) is 17.8 Å². The average Bonchev–Trinajstić information content (AvgIpc) is 3.21. The van der Waals surface area contributed by atoms with Crippen LogP contribution in [0.25, 0.3) is 0 Å². The highest BCUT2D eigenvalue weighted by Gasteiger charge is 2.24. The lowest BCUT2D eigenvalue weighted by Gasteiger charge is -2.17. The van der Waals surface area contributed by atoms with Crippen LogP contribution in [0.15, 0.2) is 4.99 Å². The van der Waals surface area contributed by atoms with E-state index in [9.17, 15) is 4.79 Å². The van der Waals surface area contributed by atoms with Crippen LogP contribution in [0.1, 0.15) is 51.4 Å². The molecule has 2 rings (SSSR count). The highest BCUT2D eigenvalue weighted by Crippen LogP contribution is 2.28. The second kappa shape index (κ2) is 12.2. The van der Waals surface area contributed by atoms with Gasteiger partial charge in [0, 0.05) is 37.8 Å². The quantitative estimate of drug-likeness (QED) is 0.233. The molecule has 0 aliphatic heterocycles. The molecular formula is C17H33IN4OS. The highest BCUT2D eigenvalue weighted by molar-refractivity contribution is 14.0. The Morgan fingerprint density at radius 1 is 1.12 bits per heavy atom. The third-order valence-electron chi connectivity index (χ3n) is 4.97. The zero-order valence-electron chi connectivity index (χ0n) is 15.0. The molecule has 2 unspecified atom stereocenters. The molecule has 0 spiro atoms. The monoisotopic (exact) mass is 468 g/mol. The van der Waals surface area contributed by atoms with Crippen LogP contribution < -0.4 is 16.0 Å². The summed E-state index contributed by atoms with van der Waals surface area (Å²) in [5.41, 5.74) is 0. The molecule has 0 bridgehead atoms. The number of nitrogens with zero attached hydrogens (tertiary/aromatic N) is 1. The van der Waals surface area contributed by atoms with E-state index in [2.05, 4.69) is 27.2 Å². The van der Waals surface area contributed by atoms with Crippen LogP contribution in [0.4, 0.5) is 0 Å². The smallest absolute Gasteiger partial charge is 0.220 e. The van der Waals surface area contributed by atoms with E-state index in [-0.39, 0.29) is 29.9 Å². The Morgan fingerprint density at radius 2 is 1.83 bits per heavy atom. The van der Waals surface area contributed by atoms with E-state index < -0.39 is 0 Å². The molecule has 3 N–H and O–H groups in total. The first kappa shape index (κ1) is 21.9. The van der Waals surface area contributed by atoms with Crippen molar-refractivity contribution in [1.82, 2.24) is 16.0 Å². The Morgan fingerprint density at radius 3 is 2.46 bits per heavy atom. The number of aliphatic imine (C=N–C) groups is 1. The first-order chi connectivity index (χ1) is 11.2. The van der Waals surface area contributed by atoms with Gasteiger partial charge in [0.15, 0.2) is 5.96 Å². The van der Waals surface area contributed by atoms with Crippen molar-refractivity contribution in [2.24, 2.45) is 10.9 Å². The molecule has 5 nitrogen and oxygen atoms in total. The number of rotatable bonds is 7. The second-order valence-electron chi connectivity index (χ2n) is 6.72. The van der Waals surface area contributed by atoms with E-state index in [1.54, 1.807) is 7.05 Å². The summed E-state index contributed by atoms with van der Waals surface area (Å²) in [5, 5.41) is 10.6. The van der Waals surface area contributed by atoms with Gasteiger partial charge in [-0.05, 0) is 44.3 Å². The third-order valence-corrected chi connectivity index (χ3v) is 6.07. The molecule has 0 aromatic carbocycles. The van der Waals surface area contributed by atoms with Crippen molar-refractivity contribution in [3.63, 3.8) is 0 Å². The summed E-state index contributed by atoms with van der Waals surface area (Å²) < 4.78 is 0. The van der Waals surface area contributed by atoms with Crippen LogP contribution in [-0.2, 0) is 4.79 Å². The van der Waals surface area contributed by atoms with E-state index in [0.29, 0.717) is 24.9 Å². The van der Waals surface area contributed by atoms with Crippen molar-refractivity contribution in [3.8, 4) is 0 Å². The van der Waals surface area contributed by atoms with Gasteiger partial charge >= 0.3 is 0 Å². The number of nitrogens with one attached hydrogen (secondary N) is 3.